The maximum absolute atomic E-state index is 12.5. The Morgan fingerprint density at radius 1 is 0.963 bits per heavy atom. The van der Waals surface area contributed by atoms with Crippen molar-refractivity contribution in [3.8, 4) is 0 Å². The summed E-state index contributed by atoms with van der Waals surface area (Å²) in [6.07, 6.45) is 1.27. The van der Waals surface area contributed by atoms with Crippen LogP contribution in [-0.2, 0) is 4.79 Å². The number of piperidine rings is 1. The number of benzene rings is 2. The molecule has 3 amide bonds. The SMILES string of the molecule is O=C(Nc1nc2ccccc2[nH]1)C1CCN(C(=O)Nc2ccccc2)CC1. The number of aromatic nitrogens is 2. The number of H-pyrrole nitrogens is 1. The topological polar surface area (TPSA) is 90.1 Å². The largest absolute Gasteiger partial charge is 0.324 e. The number of aromatic amines is 1. The van der Waals surface area contributed by atoms with E-state index in [-0.39, 0.29) is 17.9 Å². The maximum Gasteiger partial charge on any atom is 0.321 e. The van der Waals surface area contributed by atoms with Gasteiger partial charge in [-0.2, -0.15) is 0 Å². The van der Waals surface area contributed by atoms with Crippen LogP contribution in [0.3, 0.4) is 0 Å². The molecule has 3 aromatic rings. The number of carbonyl (C=O) groups is 2. The highest BCUT2D eigenvalue weighted by atomic mass is 16.2. The van der Waals surface area contributed by atoms with E-state index in [1.807, 2.05) is 54.6 Å². The molecule has 3 N–H and O–H groups in total. The summed E-state index contributed by atoms with van der Waals surface area (Å²) < 4.78 is 0. The molecule has 1 saturated heterocycles. The number of fused-ring (bicyclic) bond motifs is 1. The number of carbonyl (C=O) groups excluding carboxylic acids is 2. The van der Waals surface area contributed by atoms with Gasteiger partial charge in [-0.15, -0.1) is 0 Å². The van der Waals surface area contributed by atoms with Gasteiger partial charge in [0.25, 0.3) is 0 Å². The highest BCUT2D eigenvalue weighted by Crippen LogP contribution is 2.21. The average Bonchev–Trinajstić information content (AvgIpc) is 3.11. The zero-order valence-corrected chi connectivity index (χ0v) is 14.8. The van der Waals surface area contributed by atoms with Crippen LogP contribution in [-0.4, -0.2) is 39.9 Å². The molecule has 0 radical (unpaired) electrons. The highest BCUT2D eigenvalue weighted by molar-refractivity contribution is 5.93. The summed E-state index contributed by atoms with van der Waals surface area (Å²) in [6, 6.07) is 16.9. The number of hydrogen-bond acceptors (Lipinski definition) is 3. The van der Waals surface area contributed by atoms with E-state index in [9.17, 15) is 9.59 Å². The minimum atomic E-state index is -0.127. The lowest BCUT2D eigenvalue weighted by atomic mass is 9.96. The van der Waals surface area contributed by atoms with Gasteiger partial charge in [0.1, 0.15) is 0 Å². The van der Waals surface area contributed by atoms with Crippen molar-refractivity contribution in [2.24, 2.45) is 5.92 Å². The molecule has 0 unspecified atom stereocenters. The van der Waals surface area contributed by atoms with Gasteiger partial charge >= 0.3 is 6.03 Å². The second-order valence-corrected chi connectivity index (χ2v) is 6.65. The fourth-order valence-corrected chi connectivity index (χ4v) is 3.30. The molecule has 1 aliphatic rings. The molecule has 1 aromatic heterocycles. The summed E-state index contributed by atoms with van der Waals surface area (Å²) in [4.78, 5) is 34.1. The second kappa shape index (κ2) is 7.49. The molecule has 4 rings (SSSR count). The van der Waals surface area contributed by atoms with Crippen LogP contribution < -0.4 is 10.6 Å². The Kier molecular flexibility index (Phi) is 4.74. The number of nitrogens with zero attached hydrogens (tertiary/aromatic N) is 2. The first kappa shape index (κ1) is 17.1. The van der Waals surface area contributed by atoms with Crippen molar-refractivity contribution in [2.75, 3.05) is 23.7 Å². The van der Waals surface area contributed by atoms with Crippen molar-refractivity contribution in [1.82, 2.24) is 14.9 Å². The van der Waals surface area contributed by atoms with E-state index in [0.29, 0.717) is 31.9 Å². The first-order valence-electron chi connectivity index (χ1n) is 9.05. The smallest absolute Gasteiger partial charge is 0.321 e. The summed E-state index contributed by atoms with van der Waals surface area (Å²) in [5.41, 5.74) is 2.48. The number of rotatable bonds is 3. The number of imidazole rings is 1. The molecule has 7 heteroatoms. The molecule has 0 aliphatic carbocycles. The molecule has 0 atom stereocenters. The Morgan fingerprint density at radius 3 is 2.41 bits per heavy atom. The van der Waals surface area contributed by atoms with Gasteiger partial charge in [0, 0.05) is 24.7 Å². The second-order valence-electron chi connectivity index (χ2n) is 6.65. The van der Waals surface area contributed by atoms with Crippen LogP contribution in [0.4, 0.5) is 16.4 Å². The van der Waals surface area contributed by atoms with Crippen molar-refractivity contribution in [2.45, 2.75) is 12.8 Å². The van der Waals surface area contributed by atoms with Gasteiger partial charge in [-0.05, 0) is 37.1 Å². The first-order chi connectivity index (χ1) is 13.2. The van der Waals surface area contributed by atoms with Gasteiger partial charge in [-0.1, -0.05) is 30.3 Å². The van der Waals surface area contributed by atoms with Crippen LogP contribution in [0.2, 0.25) is 0 Å². The molecule has 138 valence electrons. The fourth-order valence-electron chi connectivity index (χ4n) is 3.30. The van der Waals surface area contributed by atoms with Crippen molar-refractivity contribution in [1.29, 1.82) is 0 Å². The lowest BCUT2D eigenvalue weighted by Crippen LogP contribution is -2.43. The standard InChI is InChI=1S/C20H21N5O2/c26-18(24-19-22-16-8-4-5-9-17(16)23-19)14-10-12-25(13-11-14)20(27)21-15-6-2-1-3-7-15/h1-9,14H,10-13H2,(H,21,27)(H2,22,23,24,26). The van der Waals surface area contributed by atoms with E-state index >= 15 is 0 Å². The number of urea groups is 1. The fraction of sp³-hybridized carbons (Fsp3) is 0.250. The monoisotopic (exact) mass is 363 g/mol. The van der Waals surface area contributed by atoms with Gasteiger partial charge in [0.2, 0.25) is 11.9 Å². The summed E-state index contributed by atoms with van der Waals surface area (Å²) in [7, 11) is 0. The van der Waals surface area contributed by atoms with Crippen LogP contribution in [0.5, 0.6) is 0 Å². The molecular weight excluding hydrogens is 342 g/mol. The molecule has 0 saturated carbocycles. The molecule has 2 aromatic carbocycles. The molecule has 27 heavy (non-hydrogen) atoms. The number of nitrogens with one attached hydrogen (secondary N) is 3. The molecule has 2 heterocycles. The number of anilines is 2. The first-order valence-corrected chi connectivity index (χ1v) is 9.05. The van der Waals surface area contributed by atoms with Gasteiger partial charge in [-0.3, -0.25) is 10.1 Å². The van der Waals surface area contributed by atoms with E-state index in [1.54, 1.807) is 4.90 Å². The van der Waals surface area contributed by atoms with Gasteiger partial charge in [-0.25, -0.2) is 9.78 Å². The van der Waals surface area contributed by atoms with Gasteiger partial charge in [0.15, 0.2) is 0 Å². The normalized spacial score (nSPS) is 14.9. The van der Waals surface area contributed by atoms with Crippen LogP contribution in [0.25, 0.3) is 11.0 Å². The van der Waals surface area contributed by atoms with E-state index < -0.39 is 0 Å². The third-order valence-corrected chi connectivity index (χ3v) is 4.81. The van der Waals surface area contributed by atoms with E-state index in [4.69, 9.17) is 0 Å². The maximum atomic E-state index is 12.5. The van der Waals surface area contributed by atoms with Crippen LogP contribution in [0.1, 0.15) is 12.8 Å². The number of hydrogen-bond donors (Lipinski definition) is 3. The Labute approximate surface area is 156 Å². The third-order valence-electron chi connectivity index (χ3n) is 4.81. The summed E-state index contributed by atoms with van der Waals surface area (Å²) in [5, 5.41) is 5.74. The molecule has 7 nitrogen and oxygen atoms in total. The quantitative estimate of drug-likeness (QED) is 0.666. The predicted octanol–water partition coefficient (Wildman–Crippen LogP) is 3.45. The lowest BCUT2D eigenvalue weighted by molar-refractivity contribution is -0.121. The van der Waals surface area contributed by atoms with Crippen LogP contribution in [0.15, 0.2) is 54.6 Å². The summed E-state index contributed by atoms with van der Waals surface area (Å²) in [5.74, 6) is 0.279. The van der Waals surface area contributed by atoms with Crippen LogP contribution >= 0.6 is 0 Å². The number of likely N-dealkylation sites (tertiary alicyclic amines) is 1. The van der Waals surface area contributed by atoms with Gasteiger partial charge < -0.3 is 15.2 Å². The van der Waals surface area contributed by atoms with Crippen molar-refractivity contribution in [3.63, 3.8) is 0 Å². The zero-order chi connectivity index (χ0) is 18.6. The minimum Gasteiger partial charge on any atom is -0.324 e. The Balaban J connectivity index is 1.30. The summed E-state index contributed by atoms with van der Waals surface area (Å²) >= 11 is 0. The van der Waals surface area contributed by atoms with Crippen molar-refractivity contribution in [3.05, 3.63) is 54.6 Å². The van der Waals surface area contributed by atoms with Crippen LogP contribution in [0, 0.1) is 5.92 Å². The molecule has 1 fully saturated rings. The van der Waals surface area contributed by atoms with Gasteiger partial charge in [0.05, 0.1) is 11.0 Å². The molecule has 0 bridgehead atoms. The Hall–Kier alpha value is -3.35. The third kappa shape index (κ3) is 3.92. The lowest BCUT2D eigenvalue weighted by Gasteiger charge is -2.31. The molecule has 0 spiro atoms. The predicted molar refractivity (Wildman–Crippen MR) is 104 cm³/mol. The Bertz CT molecular complexity index is 912. The van der Waals surface area contributed by atoms with Crippen molar-refractivity contribution >= 4 is 34.6 Å². The van der Waals surface area contributed by atoms with E-state index in [1.165, 1.54) is 0 Å². The van der Waals surface area contributed by atoms with E-state index in [0.717, 1.165) is 16.7 Å². The minimum absolute atomic E-state index is 0.0582. The molecule has 1 aliphatic heterocycles. The highest BCUT2D eigenvalue weighted by Gasteiger charge is 2.27. The zero-order valence-electron chi connectivity index (χ0n) is 14.8. The van der Waals surface area contributed by atoms with E-state index in [2.05, 4.69) is 20.6 Å². The number of para-hydroxylation sites is 3. The summed E-state index contributed by atoms with van der Waals surface area (Å²) in [6.45, 7) is 1.10. The molecular formula is C20H21N5O2. The Morgan fingerprint density at radius 2 is 1.67 bits per heavy atom. The average molecular weight is 363 g/mol. The number of amides is 3. The van der Waals surface area contributed by atoms with Crippen molar-refractivity contribution < 1.29 is 9.59 Å².